The third-order valence-corrected chi connectivity index (χ3v) is 3.71. The molecule has 0 spiro atoms. The Balaban J connectivity index is 2.25. The van der Waals surface area contributed by atoms with Crippen LogP contribution in [-0.4, -0.2) is 22.0 Å². The summed E-state index contributed by atoms with van der Waals surface area (Å²) >= 11 is 7.29. The highest BCUT2D eigenvalue weighted by Crippen LogP contribution is 2.23. The molecule has 104 valence electrons. The number of hydrogen-bond acceptors (Lipinski definition) is 4. The van der Waals surface area contributed by atoms with E-state index in [4.69, 9.17) is 11.6 Å². The number of carbonyl (C=O) groups excluding carboxylic acids is 1. The zero-order valence-electron chi connectivity index (χ0n) is 10.5. The first kappa shape index (κ1) is 14.5. The number of aromatic nitrogens is 1. The van der Waals surface area contributed by atoms with Gasteiger partial charge in [-0.1, -0.05) is 29.8 Å². The van der Waals surface area contributed by atoms with Crippen molar-refractivity contribution in [2.24, 2.45) is 0 Å². The summed E-state index contributed by atoms with van der Waals surface area (Å²) < 4.78 is 0. The van der Waals surface area contributed by atoms with Crippen LogP contribution >= 0.6 is 22.9 Å². The molecule has 0 aliphatic carbocycles. The van der Waals surface area contributed by atoms with Crippen molar-refractivity contribution in [2.75, 3.05) is 0 Å². The fraction of sp³-hybridized carbons (Fsp3) is 0.154. The molecule has 7 heteroatoms. The van der Waals surface area contributed by atoms with E-state index in [0.29, 0.717) is 5.56 Å². The molecule has 0 saturated heterocycles. The number of aryl methyl sites for hydroxylation is 1. The Labute approximate surface area is 124 Å². The lowest BCUT2D eigenvalue weighted by Gasteiger charge is -2.15. The molecule has 0 radical (unpaired) electrons. The molecule has 1 amide bonds. The lowest BCUT2D eigenvalue weighted by Crippen LogP contribution is -2.34. The van der Waals surface area contributed by atoms with Crippen molar-refractivity contribution in [3.63, 3.8) is 0 Å². The zero-order chi connectivity index (χ0) is 14.7. The monoisotopic (exact) mass is 310 g/mol. The van der Waals surface area contributed by atoms with E-state index in [9.17, 15) is 14.7 Å². The van der Waals surface area contributed by atoms with Gasteiger partial charge in [0, 0.05) is 16.0 Å². The lowest BCUT2D eigenvalue weighted by molar-refractivity contribution is -0.139. The molecule has 2 aromatic rings. The number of thiazole rings is 1. The van der Waals surface area contributed by atoms with E-state index in [1.165, 1.54) is 11.3 Å². The predicted molar refractivity (Wildman–Crippen MR) is 76.1 cm³/mol. The van der Waals surface area contributed by atoms with Crippen molar-refractivity contribution in [1.82, 2.24) is 10.3 Å². The lowest BCUT2D eigenvalue weighted by atomic mass is 10.1. The second-order valence-corrected chi connectivity index (χ2v) is 5.49. The molecule has 0 fully saturated rings. The number of rotatable bonds is 4. The van der Waals surface area contributed by atoms with Gasteiger partial charge in [0.25, 0.3) is 5.91 Å². The Morgan fingerprint density at radius 3 is 2.65 bits per heavy atom. The van der Waals surface area contributed by atoms with Crippen molar-refractivity contribution < 1.29 is 14.7 Å². The summed E-state index contributed by atoms with van der Waals surface area (Å²) in [6.07, 6.45) is 0. The van der Waals surface area contributed by atoms with Crippen LogP contribution in [0.1, 0.15) is 27.1 Å². The highest BCUT2D eigenvalue weighted by atomic mass is 35.5. The van der Waals surface area contributed by atoms with E-state index < -0.39 is 17.9 Å². The molecule has 0 aliphatic rings. The fourth-order valence-electron chi connectivity index (χ4n) is 1.65. The van der Waals surface area contributed by atoms with Gasteiger partial charge in [0.15, 0.2) is 6.04 Å². The van der Waals surface area contributed by atoms with Crippen LogP contribution in [0.25, 0.3) is 0 Å². The van der Waals surface area contributed by atoms with Gasteiger partial charge in [0.05, 0.1) is 5.01 Å². The number of hydrogen-bond donors (Lipinski definition) is 2. The maximum atomic E-state index is 12.0. The highest BCUT2D eigenvalue weighted by Gasteiger charge is 2.25. The van der Waals surface area contributed by atoms with Crippen LogP contribution in [0.3, 0.4) is 0 Å². The standard InChI is InChI=1S/C13H11ClN2O3S/c1-7-15-10(6-20-7)12(17)16-11(13(18)19)8-4-2-3-5-9(8)14/h2-6,11H,1H3,(H,16,17)(H,18,19)/t11-/m1/s1. The zero-order valence-corrected chi connectivity index (χ0v) is 12.0. The second-order valence-electron chi connectivity index (χ2n) is 4.02. The first-order valence-electron chi connectivity index (χ1n) is 5.69. The first-order chi connectivity index (χ1) is 9.49. The Hall–Kier alpha value is -1.92. The SMILES string of the molecule is Cc1nc(C(=O)N[C@@H](C(=O)O)c2ccccc2Cl)cs1. The maximum Gasteiger partial charge on any atom is 0.330 e. The highest BCUT2D eigenvalue weighted by molar-refractivity contribution is 7.09. The van der Waals surface area contributed by atoms with Crippen LogP contribution in [-0.2, 0) is 4.79 Å². The Bertz CT molecular complexity index is 657. The van der Waals surface area contributed by atoms with Gasteiger partial charge in [0.2, 0.25) is 0 Å². The molecule has 1 aromatic heterocycles. The minimum absolute atomic E-state index is 0.200. The van der Waals surface area contributed by atoms with E-state index in [1.54, 1.807) is 36.6 Å². The number of halogens is 1. The number of aliphatic carboxylic acids is 1. The van der Waals surface area contributed by atoms with E-state index in [-0.39, 0.29) is 10.7 Å². The number of nitrogens with one attached hydrogen (secondary N) is 1. The maximum absolute atomic E-state index is 12.0. The summed E-state index contributed by atoms with van der Waals surface area (Å²) in [5.41, 5.74) is 0.535. The van der Waals surface area contributed by atoms with Gasteiger partial charge in [-0.25, -0.2) is 9.78 Å². The number of carbonyl (C=O) groups is 2. The molecule has 1 heterocycles. The van der Waals surface area contributed by atoms with Crippen LogP contribution < -0.4 is 5.32 Å². The van der Waals surface area contributed by atoms with Crippen molar-refractivity contribution >= 4 is 34.8 Å². The summed E-state index contributed by atoms with van der Waals surface area (Å²) in [6.45, 7) is 1.77. The molecule has 20 heavy (non-hydrogen) atoms. The number of benzene rings is 1. The molecule has 2 rings (SSSR count). The van der Waals surface area contributed by atoms with Gasteiger partial charge < -0.3 is 10.4 Å². The average molecular weight is 311 g/mol. The van der Waals surface area contributed by atoms with Gasteiger partial charge in [-0.3, -0.25) is 4.79 Å². The normalized spacial score (nSPS) is 11.9. The topological polar surface area (TPSA) is 79.3 Å². The van der Waals surface area contributed by atoms with Crippen LogP contribution in [0, 0.1) is 6.92 Å². The van der Waals surface area contributed by atoms with Crippen molar-refractivity contribution in [1.29, 1.82) is 0 Å². The third kappa shape index (κ3) is 3.15. The smallest absolute Gasteiger partial charge is 0.330 e. The molecular weight excluding hydrogens is 300 g/mol. The molecule has 2 N–H and O–H groups in total. The summed E-state index contributed by atoms with van der Waals surface area (Å²) in [7, 11) is 0. The number of carboxylic acids is 1. The second kappa shape index (κ2) is 6.02. The van der Waals surface area contributed by atoms with Crippen LogP contribution in [0.4, 0.5) is 0 Å². The Morgan fingerprint density at radius 2 is 2.10 bits per heavy atom. The van der Waals surface area contributed by atoms with E-state index in [0.717, 1.165) is 5.01 Å². The fourth-order valence-corrected chi connectivity index (χ4v) is 2.49. The number of nitrogens with zero attached hydrogens (tertiary/aromatic N) is 1. The van der Waals surface area contributed by atoms with Crippen molar-refractivity contribution in [3.05, 3.63) is 50.9 Å². The quantitative estimate of drug-likeness (QED) is 0.910. The third-order valence-electron chi connectivity index (χ3n) is 2.59. The largest absolute Gasteiger partial charge is 0.479 e. The molecule has 1 atom stereocenters. The van der Waals surface area contributed by atoms with Crippen LogP contribution in [0.15, 0.2) is 29.6 Å². The Morgan fingerprint density at radius 1 is 1.40 bits per heavy atom. The summed E-state index contributed by atoms with van der Waals surface area (Å²) in [5.74, 6) is -1.72. The van der Waals surface area contributed by atoms with Gasteiger partial charge in [-0.05, 0) is 13.0 Å². The minimum Gasteiger partial charge on any atom is -0.479 e. The summed E-state index contributed by atoms with van der Waals surface area (Å²) in [6, 6.07) is 5.28. The number of amides is 1. The molecule has 1 aromatic carbocycles. The molecule has 0 aliphatic heterocycles. The summed E-state index contributed by atoms with van der Waals surface area (Å²) in [5, 5.41) is 14.3. The molecule has 5 nitrogen and oxygen atoms in total. The molecule has 0 bridgehead atoms. The van der Waals surface area contributed by atoms with E-state index in [1.807, 2.05) is 0 Å². The Kier molecular flexibility index (Phi) is 4.36. The molecular formula is C13H11ClN2O3S. The minimum atomic E-state index is -1.21. The van der Waals surface area contributed by atoms with Crippen molar-refractivity contribution in [2.45, 2.75) is 13.0 Å². The number of carboxylic acid groups (broad SMARTS) is 1. The molecule has 0 saturated carbocycles. The van der Waals surface area contributed by atoms with E-state index in [2.05, 4.69) is 10.3 Å². The van der Waals surface area contributed by atoms with Crippen molar-refractivity contribution in [3.8, 4) is 0 Å². The first-order valence-corrected chi connectivity index (χ1v) is 6.95. The van der Waals surface area contributed by atoms with E-state index >= 15 is 0 Å². The van der Waals surface area contributed by atoms with Gasteiger partial charge in [0.1, 0.15) is 5.69 Å². The average Bonchev–Trinajstić information content (AvgIpc) is 2.83. The summed E-state index contributed by atoms with van der Waals surface area (Å²) in [4.78, 5) is 27.3. The van der Waals surface area contributed by atoms with Crippen LogP contribution in [0.5, 0.6) is 0 Å². The van der Waals surface area contributed by atoms with Gasteiger partial charge in [-0.15, -0.1) is 11.3 Å². The predicted octanol–water partition coefficient (Wildman–Crippen LogP) is 2.66. The molecule has 0 unspecified atom stereocenters. The van der Waals surface area contributed by atoms with Gasteiger partial charge >= 0.3 is 5.97 Å². The van der Waals surface area contributed by atoms with Gasteiger partial charge in [-0.2, -0.15) is 0 Å². The van der Waals surface area contributed by atoms with Crippen LogP contribution in [0.2, 0.25) is 5.02 Å².